The van der Waals surface area contributed by atoms with E-state index in [9.17, 15) is 0 Å². The molecule has 0 fully saturated rings. The lowest BCUT2D eigenvalue weighted by molar-refractivity contribution is 0.675. The Hall–Kier alpha value is -2.11. The van der Waals surface area contributed by atoms with Gasteiger partial charge in [0.05, 0.1) is 11.6 Å². The zero-order valence-corrected chi connectivity index (χ0v) is 12.1. The van der Waals surface area contributed by atoms with Gasteiger partial charge < -0.3 is 5.32 Å². The van der Waals surface area contributed by atoms with Crippen molar-refractivity contribution in [3.63, 3.8) is 0 Å². The lowest BCUT2D eigenvalue weighted by atomic mass is 9.97. The Morgan fingerprint density at radius 3 is 2.70 bits per heavy atom. The summed E-state index contributed by atoms with van der Waals surface area (Å²) in [7, 11) is 0. The Labute approximate surface area is 121 Å². The molecule has 0 atom stereocenters. The quantitative estimate of drug-likeness (QED) is 0.827. The lowest BCUT2D eigenvalue weighted by Crippen LogP contribution is -2.13. The highest BCUT2D eigenvalue weighted by atomic mass is 14.8. The van der Waals surface area contributed by atoms with Gasteiger partial charge in [0, 0.05) is 6.54 Å². The van der Waals surface area contributed by atoms with E-state index in [4.69, 9.17) is 5.26 Å². The molecule has 0 amide bonds. The zero-order chi connectivity index (χ0) is 14.4. The van der Waals surface area contributed by atoms with Gasteiger partial charge in [-0.2, -0.15) is 5.26 Å². The summed E-state index contributed by atoms with van der Waals surface area (Å²) in [6, 6.07) is 16.5. The van der Waals surface area contributed by atoms with Gasteiger partial charge in [-0.3, -0.25) is 0 Å². The summed E-state index contributed by atoms with van der Waals surface area (Å²) in [5, 5.41) is 12.4. The SMILES string of the molecule is CCCNCc1ccc(-c2cccc(C#N)c2)c(C)c1. The maximum atomic E-state index is 8.98. The van der Waals surface area contributed by atoms with E-state index in [0.717, 1.165) is 25.1 Å². The molecule has 0 unspecified atom stereocenters. The largest absolute Gasteiger partial charge is 0.313 e. The maximum Gasteiger partial charge on any atom is 0.0991 e. The van der Waals surface area contributed by atoms with Crippen LogP contribution in [-0.2, 0) is 6.54 Å². The van der Waals surface area contributed by atoms with Crippen molar-refractivity contribution in [3.05, 3.63) is 59.2 Å². The fourth-order valence-electron chi connectivity index (χ4n) is 2.33. The highest BCUT2D eigenvalue weighted by molar-refractivity contribution is 5.68. The third-order valence-corrected chi connectivity index (χ3v) is 3.35. The first-order valence-electron chi connectivity index (χ1n) is 7.05. The molecule has 0 radical (unpaired) electrons. The maximum absolute atomic E-state index is 8.98. The second kappa shape index (κ2) is 6.88. The van der Waals surface area contributed by atoms with Crippen molar-refractivity contribution in [1.29, 1.82) is 5.26 Å². The summed E-state index contributed by atoms with van der Waals surface area (Å²) in [4.78, 5) is 0. The number of nitrogens with zero attached hydrogens (tertiary/aromatic N) is 1. The Kier molecular flexibility index (Phi) is 4.92. The van der Waals surface area contributed by atoms with Crippen LogP contribution in [0.3, 0.4) is 0 Å². The van der Waals surface area contributed by atoms with Crippen LogP contribution in [0.25, 0.3) is 11.1 Å². The number of nitrogens with one attached hydrogen (secondary N) is 1. The number of hydrogen-bond acceptors (Lipinski definition) is 2. The van der Waals surface area contributed by atoms with Crippen LogP contribution in [0.4, 0.5) is 0 Å². The topological polar surface area (TPSA) is 35.8 Å². The first-order valence-corrected chi connectivity index (χ1v) is 7.05. The van der Waals surface area contributed by atoms with E-state index in [1.54, 1.807) is 0 Å². The van der Waals surface area contributed by atoms with Crippen LogP contribution in [0, 0.1) is 18.3 Å². The smallest absolute Gasteiger partial charge is 0.0991 e. The Morgan fingerprint density at radius 1 is 1.15 bits per heavy atom. The molecule has 0 aliphatic carbocycles. The van der Waals surface area contributed by atoms with Gasteiger partial charge in [-0.05, 0) is 54.3 Å². The number of hydrogen-bond donors (Lipinski definition) is 1. The minimum absolute atomic E-state index is 0.704. The molecule has 2 heteroatoms. The van der Waals surface area contributed by atoms with Gasteiger partial charge in [-0.25, -0.2) is 0 Å². The van der Waals surface area contributed by atoms with Crippen molar-refractivity contribution in [3.8, 4) is 17.2 Å². The van der Waals surface area contributed by atoms with Gasteiger partial charge in [0.1, 0.15) is 0 Å². The van der Waals surface area contributed by atoms with Crippen molar-refractivity contribution >= 4 is 0 Å². The zero-order valence-electron chi connectivity index (χ0n) is 12.1. The summed E-state index contributed by atoms with van der Waals surface area (Å²) >= 11 is 0. The molecule has 20 heavy (non-hydrogen) atoms. The normalized spacial score (nSPS) is 10.2. The molecule has 0 aliphatic heterocycles. The minimum atomic E-state index is 0.704. The Balaban J connectivity index is 2.23. The number of nitriles is 1. The van der Waals surface area contributed by atoms with Crippen LogP contribution in [0.1, 0.15) is 30.0 Å². The predicted octanol–water partition coefficient (Wildman–Crippen LogP) is 4.03. The molecule has 2 rings (SSSR count). The average molecular weight is 264 g/mol. The van der Waals surface area contributed by atoms with E-state index in [1.807, 2.05) is 18.2 Å². The van der Waals surface area contributed by atoms with Crippen LogP contribution in [0.5, 0.6) is 0 Å². The van der Waals surface area contributed by atoms with Gasteiger partial charge in [0.2, 0.25) is 0 Å². The molecule has 0 bridgehead atoms. The fourth-order valence-corrected chi connectivity index (χ4v) is 2.33. The molecule has 0 saturated heterocycles. The molecular weight excluding hydrogens is 244 g/mol. The van der Waals surface area contributed by atoms with Crippen LogP contribution in [0.15, 0.2) is 42.5 Å². The van der Waals surface area contributed by atoms with E-state index >= 15 is 0 Å². The van der Waals surface area contributed by atoms with E-state index in [1.165, 1.54) is 16.7 Å². The summed E-state index contributed by atoms with van der Waals surface area (Å²) in [6.45, 7) is 6.25. The van der Waals surface area contributed by atoms with Gasteiger partial charge in [-0.1, -0.05) is 37.3 Å². The van der Waals surface area contributed by atoms with Crippen LogP contribution < -0.4 is 5.32 Å². The third-order valence-electron chi connectivity index (χ3n) is 3.35. The Morgan fingerprint density at radius 2 is 2.00 bits per heavy atom. The van der Waals surface area contributed by atoms with Crippen LogP contribution >= 0.6 is 0 Å². The van der Waals surface area contributed by atoms with E-state index in [-0.39, 0.29) is 0 Å². The molecule has 2 nitrogen and oxygen atoms in total. The van der Waals surface area contributed by atoms with Crippen molar-refractivity contribution in [1.82, 2.24) is 5.32 Å². The Bertz CT molecular complexity index is 624. The third kappa shape index (κ3) is 3.46. The first kappa shape index (κ1) is 14.3. The standard InChI is InChI=1S/C18H20N2/c1-3-9-20-13-16-7-8-18(14(2)10-16)17-6-4-5-15(11-17)12-19/h4-8,10-11,20H,3,9,13H2,1-2H3. The van der Waals surface area contributed by atoms with Gasteiger partial charge in [-0.15, -0.1) is 0 Å². The summed E-state index contributed by atoms with van der Waals surface area (Å²) < 4.78 is 0. The molecule has 0 spiro atoms. The molecule has 0 aliphatic rings. The number of rotatable bonds is 5. The predicted molar refractivity (Wildman–Crippen MR) is 83.3 cm³/mol. The molecule has 2 aromatic carbocycles. The molecule has 102 valence electrons. The summed E-state index contributed by atoms with van der Waals surface area (Å²) in [6.07, 6.45) is 1.15. The average Bonchev–Trinajstić information content (AvgIpc) is 2.48. The first-order chi connectivity index (χ1) is 9.74. The minimum Gasteiger partial charge on any atom is -0.313 e. The van der Waals surface area contributed by atoms with Gasteiger partial charge in [0.25, 0.3) is 0 Å². The fraction of sp³-hybridized carbons (Fsp3) is 0.278. The van der Waals surface area contributed by atoms with Crippen LogP contribution in [-0.4, -0.2) is 6.54 Å². The monoisotopic (exact) mass is 264 g/mol. The van der Waals surface area contributed by atoms with Crippen LogP contribution in [0.2, 0.25) is 0 Å². The second-order valence-corrected chi connectivity index (χ2v) is 5.02. The highest BCUT2D eigenvalue weighted by Gasteiger charge is 2.04. The van der Waals surface area contributed by atoms with Crippen molar-refractivity contribution in [2.75, 3.05) is 6.54 Å². The van der Waals surface area contributed by atoms with E-state index < -0.39 is 0 Å². The van der Waals surface area contributed by atoms with E-state index in [0.29, 0.717) is 5.56 Å². The number of aryl methyl sites for hydroxylation is 1. The van der Waals surface area contributed by atoms with Crippen molar-refractivity contribution in [2.24, 2.45) is 0 Å². The summed E-state index contributed by atoms with van der Waals surface area (Å²) in [5.41, 5.74) is 5.55. The number of benzene rings is 2. The second-order valence-electron chi connectivity index (χ2n) is 5.02. The molecular formula is C18H20N2. The molecule has 0 aromatic heterocycles. The van der Waals surface area contributed by atoms with Crippen molar-refractivity contribution < 1.29 is 0 Å². The van der Waals surface area contributed by atoms with Crippen molar-refractivity contribution in [2.45, 2.75) is 26.8 Å². The molecule has 0 heterocycles. The molecule has 1 N–H and O–H groups in total. The molecule has 2 aromatic rings. The van der Waals surface area contributed by atoms with E-state index in [2.05, 4.69) is 49.5 Å². The molecule has 0 saturated carbocycles. The summed E-state index contributed by atoms with van der Waals surface area (Å²) in [5.74, 6) is 0. The lowest BCUT2D eigenvalue weighted by Gasteiger charge is -2.10. The van der Waals surface area contributed by atoms with Gasteiger partial charge >= 0.3 is 0 Å². The van der Waals surface area contributed by atoms with Gasteiger partial charge in [0.15, 0.2) is 0 Å². The highest BCUT2D eigenvalue weighted by Crippen LogP contribution is 2.25.